The fourth-order valence-corrected chi connectivity index (χ4v) is 16.7. The van der Waals surface area contributed by atoms with Gasteiger partial charge in [0.1, 0.15) is 103 Å². The predicted molar refractivity (Wildman–Crippen MR) is 263 cm³/mol. The smallest absolute Gasteiger partial charge is 0.319 e. The van der Waals surface area contributed by atoms with Crippen LogP contribution in [0.5, 0.6) is 0 Å². The van der Waals surface area contributed by atoms with E-state index in [0.29, 0.717) is 38.5 Å². The number of ether oxygens (including phenoxy) is 11. The Morgan fingerprint density at radius 2 is 1.23 bits per heavy atom. The molecule has 12 N–H and O–H groups in total. The molecule has 0 radical (unpaired) electrons. The third-order valence-corrected chi connectivity index (χ3v) is 21.1. The molecule has 10 rings (SSSR count). The van der Waals surface area contributed by atoms with E-state index < -0.39 is 193 Å². The lowest BCUT2D eigenvalue weighted by molar-refractivity contribution is -0.389. The topological polar surface area (TPSA) is 361 Å². The van der Waals surface area contributed by atoms with Crippen LogP contribution in [0, 0.1) is 33.5 Å². The standard InChI is InChI=1S/C54H86O24/c1-22-39(74-45-38(65)41(34(61)27(20-56)72-45)75-44-37(64)40(68-9)33(60)26(19-55)71-44)35(62)36(63)43(70-22)76-42-32(59)25(57)21-69-46(42)73-30-13-15-50(6)24-18-29(58)54-47(66)78-52(8,31-12-14-48(2,3)77-31)53(54,67)17-16-51(54,7)23(24)10-11-28(50)49(30,4)5/h18,22-23,25-46,55-65,67H,10-17,19-21H2,1-9H3/t22-,23+,25-,26-,27-,28+,29+,30+,31-,32+,33-,34-,35-,36-,37-,38-,39-,40+,41+,42-,43+,44+,45+,46+,50-,51+,52+,53+,54-/m1/s1. The van der Waals surface area contributed by atoms with Gasteiger partial charge < -0.3 is 113 Å². The van der Waals surface area contributed by atoms with Gasteiger partial charge in [-0.05, 0) is 107 Å². The average molecular weight is 1120 g/mol. The first kappa shape index (κ1) is 59.5. The number of methoxy groups -OCH3 is 1. The number of aliphatic hydroxyl groups excluding tert-OH is 11. The molecule has 24 heteroatoms. The molecule has 24 nitrogen and oxygen atoms in total. The normalized spacial score (nSPS) is 55.6. The number of hydrogen-bond donors (Lipinski definition) is 12. The zero-order valence-corrected chi connectivity index (χ0v) is 46.0. The summed E-state index contributed by atoms with van der Waals surface area (Å²) in [5.41, 5.74) is -6.01. The van der Waals surface area contributed by atoms with Crippen LogP contribution >= 0.6 is 0 Å². The number of carbonyl (C=O) groups is 1. The van der Waals surface area contributed by atoms with E-state index in [1.54, 1.807) is 6.92 Å². The fourth-order valence-electron chi connectivity index (χ4n) is 16.7. The molecule has 6 heterocycles. The Kier molecular flexibility index (Phi) is 15.9. The van der Waals surface area contributed by atoms with E-state index in [4.69, 9.17) is 52.1 Å². The molecule has 0 aromatic carbocycles. The van der Waals surface area contributed by atoms with Crippen molar-refractivity contribution in [1.29, 1.82) is 0 Å². The number of cyclic esters (lactones) is 1. The van der Waals surface area contributed by atoms with Crippen molar-refractivity contribution < 1.29 is 118 Å². The number of esters is 1. The Morgan fingerprint density at radius 1 is 0.628 bits per heavy atom. The molecule has 0 unspecified atom stereocenters. The largest absolute Gasteiger partial charge is 0.453 e. The number of hydrogen-bond acceptors (Lipinski definition) is 24. The number of carbonyl (C=O) groups excluding carboxylic acids is 1. The second-order valence-electron chi connectivity index (χ2n) is 26.0. The van der Waals surface area contributed by atoms with Crippen molar-refractivity contribution in [2.24, 2.45) is 33.5 Å². The molecule has 10 aliphatic rings. The van der Waals surface area contributed by atoms with E-state index in [2.05, 4.69) is 20.8 Å². The summed E-state index contributed by atoms with van der Waals surface area (Å²) in [6.07, 6.45) is -26.0. The van der Waals surface area contributed by atoms with E-state index in [-0.39, 0.29) is 24.9 Å². The van der Waals surface area contributed by atoms with Crippen LogP contribution in [-0.4, -0.2) is 246 Å². The first-order valence-corrected chi connectivity index (χ1v) is 27.9. The zero-order valence-electron chi connectivity index (χ0n) is 46.0. The Labute approximate surface area is 453 Å². The minimum Gasteiger partial charge on any atom is -0.453 e. The maximum Gasteiger partial charge on any atom is 0.319 e. The van der Waals surface area contributed by atoms with Crippen LogP contribution in [0.25, 0.3) is 0 Å². The monoisotopic (exact) mass is 1120 g/mol. The molecule has 0 amide bonds. The lowest BCUT2D eigenvalue weighted by Crippen LogP contribution is -2.69. The SMILES string of the molecule is CO[C@@H]1[C@@H](O)[C@H](O[C@@H]2[C@@H](O)[C@H](O[C@H]3[C@H](O)[C@@H](O)[C@H](O[C@H]4[C@H](O[C@H]5CC[C@]6(C)C7=C[C@H](O)[C@]89C(=O)O[C@@](C)([C@H]%10CCC(C)(C)O%10)[C@@]8(O)CC[C@@]9(C)[C@H]7CC[C@H]6C5(C)C)OC[C@@H](O)[C@@H]4O)O[C@@H]3C)O[C@H](CO)[C@H]2O)O[C@H](CO)[C@H]1O. The summed E-state index contributed by atoms with van der Waals surface area (Å²) < 4.78 is 66.1. The van der Waals surface area contributed by atoms with Gasteiger partial charge in [0.05, 0.1) is 43.7 Å². The quantitative estimate of drug-likeness (QED) is 0.0566. The molecule has 6 aliphatic heterocycles. The Hall–Kier alpha value is -1.67. The van der Waals surface area contributed by atoms with Gasteiger partial charge in [-0.3, -0.25) is 4.79 Å². The van der Waals surface area contributed by atoms with Gasteiger partial charge in [-0.2, -0.15) is 0 Å². The maximum absolute atomic E-state index is 14.6. The second kappa shape index (κ2) is 20.8. The summed E-state index contributed by atoms with van der Waals surface area (Å²) >= 11 is 0. The molecule has 4 aliphatic carbocycles. The molecule has 78 heavy (non-hydrogen) atoms. The van der Waals surface area contributed by atoms with Gasteiger partial charge in [-0.25, -0.2) is 0 Å². The minimum atomic E-state index is -1.92. The van der Waals surface area contributed by atoms with Gasteiger partial charge >= 0.3 is 5.97 Å². The summed E-state index contributed by atoms with van der Waals surface area (Å²) in [4.78, 5) is 14.6. The molecule has 6 saturated heterocycles. The van der Waals surface area contributed by atoms with Crippen LogP contribution in [0.2, 0.25) is 0 Å². The van der Waals surface area contributed by atoms with Gasteiger partial charge in [0.2, 0.25) is 0 Å². The van der Waals surface area contributed by atoms with Crippen molar-refractivity contribution in [2.75, 3.05) is 26.9 Å². The summed E-state index contributed by atoms with van der Waals surface area (Å²) in [6.45, 7) is 13.8. The number of rotatable bonds is 12. The van der Waals surface area contributed by atoms with Crippen molar-refractivity contribution in [3.05, 3.63) is 11.6 Å². The average Bonchev–Trinajstić information content (AvgIpc) is 2.05. The van der Waals surface area contributed by atoms with Crippen molar-refractivity contribution in [1.82, 2.24) is 0 Å². The maximum atomic E-state index is 14.6. The third-order valence-electron chi connectivity index (χ3n) is 21.1. The first-order chi connectivity index (χ1) is 36.5. The van der Waals surface area contributed by atoms with E-state index in [1.807, 2.05) is 26.8 Å². The highest BCUT2D eigenvalue weighted by Crippen LogP contribution is 2.77. The van der Waals surface area contributed by atoms with E-state index in [9.17, 15) is 66.1 Å². The molecule has 3 saturated carbocycles. The zero-order chi connectivity index (χ0) is 56.8. The van der Waals surface area contributed by atoms with Crippen LogP contribution in [0.15, 0.2) is 11.6 Å². The van der Waals surface area contributed by atoms with E-state index in [1.165, 1.54) is 14.0 Å². The Balaban J connectivity index is 0.823. The molecule has 0 aromatic heterocycles. The van der Waals surface area contributed by atoms with Crippen molar-refractivity contribution in [3.63, 3.8) is 0 Å². The van der Waals surface area contributed by atoms with Gasteiger partial charge in [-0.15, -0.1) is 0 Å². The van der Waals surface area contributed by atoms with Crippen molar-refractivity contribution in [3.8, 4) is 0 Å². The lowest BCUT2D eigenvalue weighted by atomic mass is 9.40. The molecule has 0 bridgehead atoms. The molecule has 1 spiro atoms. The third kappa shape index (κ3) is 8.70. The minimum absolute atomic E-state index is 0.0338. The lowest BCUT2D eigenvalue weighted by Gasteiger charge is -2.64. The highest BCUT2D eigenvalue weighted by Gasteiger charge is 2.87. The molecular formula is C54H86O24. The summed E-state index contributed by atoms with van der Waals surface area (Å²) in [5.74, 6) is -0.775. The second-order valence-corrected chi connectivity index (χ2v) is 26.0. The highest BCUT2D eigenvalue weighted by atomic mass is 16.8. The number of aliphatic hydroxyl groups is 12. The Bertz CT molecular complexity index is 2220. The van der Waals surface area contributed by atoms with Crippen molar-refractivity contribution in [2.45, 2.75) is 259 Å². The fraction of sp³-hybridized carbons (Fsp3) is 0.944. The summed E-state index contributed by atoms with van der Waals surface area (Å²) in [5, 5.41) is 135. The summed E-state index contributed by atoms with van der Waals surface area (Å²) in [7, 11) is 1.20. The van der Waals surface area contributed by atoms with Gasteiger partial charge in [0, 0.05) is 7.11 Å². The molecule has 9 fully saturated rings. The van der Waals surface area contributed by atoms with Crippen LogP contribution in [0.1, 0.15) is 107 Å². The predicted octanol–water partition coefficient (Wildman–Crippen LogP) is -2.09. The van der Waals surface area contributed by atoms with Gasteiger partial charge in [0.25, 0.3) is 0 Å². The van der Waals surface area contributed by atoms with E-state index in [0.717, 1.165) is 12.0 Å². The molecule has 0 aromatic rings. The van der Waals surface area contributed by atoms with Crippen molar-refractivity contribution >= 4 is 5.97 Å². The molecule has 446 valence electrons. The van der Waals surface area contributed by atoms with Crippen LogP contribution < -0.4 is 0 Å². The first-order valence-electron chi connectivity index (χ1n) is 27.9. The number of fused-ring (bicyclic) bond motifs is 4. The van der Waals surface area contributed by atoms with Crippen LogP contribution in [-0.2, 0) is 56.9 Å². The van der Waals surface area contributed by atoms with Crippen LogP contribution in [0.3, 0.4) is 0 Å². The highest BCUT2D eigenvalue weighted by molar-refractivity contribution is 5.86. The molecule has 29 atom stereocenters. The summed E-state index contributed by atoms with van der Waals surface area (Å²) in [6, 6.07) is 0. The molecular weight excluding hydrogens is 1030 g/mol. The van der Waals surface area contributed by atoms with Gasteiger partial charge in [0.15, 0.2) is 30.8 Å². The van der Waals surface area contributed by atoms with Crippen LogP contribution in [0.4, 0.5) is 0 Å². The number of allylic oxidation sites excluding steroid dienone is 1. The van der Waals surface area contributed by atoms with E-state index >= 15 is 0 Å². The Morgan fingerprint density at radius 3 is 1.85 bits per heavy atom. The van der Waals surface area contributed by atoms with Gasteiger partial charge in [-0.1, -0.05) is 39.3 Å².